The first kappa shape index (κ1) is 15.9. The van der Waals surface area contributed by atoms with E-state index >= 15 is 0 Å². The minimum absolute atomic E-state index is 0.437. The molecule has 112 valence electrons. The Bertz CT molecular complexity index is 602. The molecule has 0 heterocycles. The van der Waals surface area contributed by atoms with Gasteiger partial charge in [0.05, 0.1) is 0 Å². The van der Waals surface area contributed by atoms with Gasteiger partial charge in [0.2, 0.25) is 0 Å². The first-order valence-corrected chi connectivity index (χ1v) is 7.60. The number of halogens is 1. The van der Waals surface area contributed by atoms with Crippen molar-refractivity contribution in [3.63, 3.8) is 0 Å². The van der Waals surface area contributed by atoms with Crippen LogP contribution < -0.4 is 10.1 Å². The van der Waals surface area contributed by atoms with Crippen molar-refractivity contribution < 1.29 is 4.74 Å². The zero-order valence-corrected chi connectivity index (χ0v) is 13.8. The zero-order chi connectivity index (χ0) is 15.4. The summed E-state index contributed by atoms with van der Waals surface area (Å²) in [5.41, 5.74) is 3.46. The van der Waals surface area contributed by atoms with Crippen molar-refractivity contribution in [3.05, 3.63) is 58.1 Å². The molecule has 0 aliphatic heterocycles. The number of hydrogen-bond donors (Lipinski definition) is 1. The van der Waals surface area contributed by atoms with Crippen molar-refractivity contribution in [1.29, 1.82) is 0 Å². The summed E-state index contributed by atoms with van der Waals surface area (Å²) in [6, 6.07) is 12.4. The fourth-order valence-electron chi connectivity index (χ4n) is 2.18. The molecule has 2 nitrogen and oxygen atoms in total. The molecule has 0 bridgehead atoms. The molecular formula is C18H22ClNO. The van der Waals surface area contributed by atoms with E-state index in [-0.39, 0.29) is 0 Å². The third-order valence-corrected chi connectivity index (χ3v) is 3.51. The molecular weight excluding hydrogens is 282 g/mol. The third-order valence-electron chi connectivity index (χ3n) is 3.16. The Morgan fingerprint density at radius 2 is 1.67 bits per heavy atom. The van der Waals surface area contributed by atoms with Crippen molar-refractivity contribution in [1.82, 2.24) is 5.32 Å². The smallest absolute Gasteiger partial charge is 0.128 e. The molecule has 0 saturated carbocycles. The average molecular weight is 304 g/mol. The molecule has 0 aliphatic carbocycles. The van der Waals surface area contributed by atoms with E-state index in [9.17, 15) is 0 Å². The largest absolute Gasteiger partial charge is 0.457 e. The van der Waals surface area contributed by atoms with E-state index in [4.69, 9.17) is 16.3 Å². The SMILES string of the molecule is Cc1cc(C)cc(Oc2ccc(CNC(C)C)c(Cl)c2)c1. The van der Waals surface area contributed by atoms with Gasteiger partial charge in [-0.15, -0.1) is 0 Å². The summed E-state index contributed by atoms with van der Waals surface area (Å²) in [7, 11) is 0. The predicted molar refractivity (Wildman–Crippen MR) is 89.4 cm³/mol. The molecule has 0 spiro atoms. The maximum absolute atomic E-state index is 6.32. The van der Waals surface area contributed by atoms with Gasteiger partial charge in [0, 0.05) is 17.6 Å². The molecule has 2 aromatic carbocycles. The molecule has 0 saturated heterocycles. The fourth-order valence-corrected chi connectivity index (χ4v) is 2.41. The second-order valence-electron chi connectivity index (χ2n) is 5.71. The van der Waals surface area contributed by atoms with Gasteiger partial charge in [-0.2, -0.15) is 0 Å². The van der Waals surface area contributed by atoms with E-state index in [2.05, 4.69) is 39.1 Å². The molecule has 0 radical (unpaired) electrons. The number of rotatable bonds is 5. The molecule has 1 N–H and O–H groups in total. The maximum atomic E-state index is 6.32. The number of nitrogens with one attached hydrogen (secondary N) is 1. The molecule has 0 aliphatic rings. The van der Waals surface area contributed by atoms with Gasteiger partial charge in [0.25, 0.3) is 0 Å². The highest BCUT2D eigenvalue weighted by molar-refractivity contribution is 6.31. The van der Waals surface area contributed by atoms with Gasteiger partial charge in [0.1, 0.15) is 11.5 Å². The molecule has 21 heavy (non-hydrogen) atoms. The normalized spacial score (nSPS) is 11.0. The van der Waals surface area contributed by atoms with Crippen molar-refractivity contribution in [3.8, 4) is 11.5 Å². The summed E-state index contributed by atoms with van der Waals surface area (Å²) in [5, 5.41) is 4.09. The Hall–Kier alpha value is -1.51. The monoisotopic (exact) mass is 303 g/mol. The first-order chi connectivity index (χ1) is 9.94. The van der Waals surface area contributed by atoms with Crippen LogP contribution in [0.3, 0.4) is 0 Å². The lowest BCUT2D eigenvalue weighted by atomic mass is 10.1. The summed E-state index contributed by atoms with van der Waals surface area (Å²) in [4.78, 5) is 0. The maximum Gasteiger partial charge on any atom is 0.128 e. The number of ether oxygens (including phenoxy) is 1. The van der Waals surface area contributed by atoms with E-state index in [1.54, 1.807) is 0 Å². The van der Waals surface area contributed by atoms with Crippen molar-refractivity contribution in [2.45, 2.75) is 40.3 Å². The molecule has 3 heteroatoms. The summed E-state index contributed by atoms with van der Waals surface area (Å²) in [6.07, 6.45) is 0. The lowest BCUT2D eigenvalue weighted by Crippen LogP contribution is -2.21. The van der Waals surface area contributed by atoms with Crippen LogP contribution in [0.4, 0.5) is 0 Å². The van der Waals surface area contributed by atoms with Gasteiger partial charge < -0.3 is 10.1 Å². The number of benzene rings is 2. The third kappa shape index (κ3) is 4.76. The van der Waals surface area contributed by atoms with Gasteiger partial charge in [-0.1, -0.05) is 37.6 Å². The van der Waals surface area contributed by atoms with Crippen LogP contribution in [-0.2, 0) is 6.54 Å². The van der Waals surface area contributed by atoms with Crippen LogP contribution in [0.2, 0.25) is 5.02 Å². The summed E-state index contributed by atoms with van der Waals surface area (Å²) < 4.78 is 5.90. The van der Waals surface area contributed by atoms with E-state index in [0.717, 1.165) is 28.6 Å². The van der Waals surface area contributed by atoms with E-state index in [1.807, 2.05) is 30.3 Å². The number of hydrogen-bond acceptors (Lipinski definition) is 2. The molecule has 0 aromatic heterocycles. The highest BCUT2D eigenvalue weighted by atomic mass is 35.5. The topological polar surface area (TPSA) is 21.3 Å². The van der Waals surface area contributed by atoms with Gasteiger partial charge in [-0.3, -0.25) is 0 Å². The molecule has 0 unspecified atom stereocenters. The molecule has 2 rings (SSSR count). The fraction of sp³-hybridized carbons (Fsp3) is 0.333. The molecule has 0 amide bonds. The summed E-state index contributed by atoms with van der Waals surface area (Å²) in [6.45, 7) is 9.12. The van der Waals surface area contributed by atoms with Gasteiger partial charge in [-0.05, 0) is 54.8 Å². The predicted octanol–water partition coefficient (Wildman–Crippen LogP) is 5.25. The molecule has 0 fully saturated rings. The summed E-state index contributed by atoms with van der Waals surface area (Å²) >= 11 is 6.32. The zero-order valence-electron chi connectivity index (χ0n) is 13.0. The van der Waals surface area contributed by atoms with Crippen molar-refractivity contribution in [2.24, 2.45) is 0 Å². The Balaban J connectivity index is 2.12. The second-order valence-corrected chi connectivity index (χ2v) is 6.12. The lowest BCUT2D eigenvalue weighted by molar-refractivity contribution is 0.481. The van der Waals surface area contributed by atoms with Crippen molar-refractivity contribution in [2.75, 3.05) is 0 Å². The Morgan fingerprint density at radius 3 is 2.24 bits per heavy atom. The minimum Gasteiger partial charge on any atom is -0.457 e. The Morgan fingerprint density at radius 1 is 1.00 bits per heavy atom. The summed E-state index contributed by atoms with van der Waals surface area (Å²) in [5.74, 6) is 1.61. The highest BCUT2D eigenvalue weighted by Crippen LogP contribution is 2.28. The van der Waals surface area contributed by atoms with Gasteiger partial charge in [-0.25, -0.2) is 0 Å². The lowest BCUT2D eigenvalue weighted by Gasteiger charge is -2.12. The van der Waals surface area contributed by atoms with Crippen LogP contribution in [-0.4, -0.2) is 6.04 Å². The molecule has 2 aromatic rings. The highest BCUT2D eigenvalue weighted by Gasteiger charge is 2.05. The number of aryl methyl sites for hydroxylation is 2. The minimum atomic E-state index is 0.437. The van der Waals surface area contributed by atoms with Crippen LogP contribution in [0.5, 0.6) is 11.5 Å². The van der Waals surface area contributed by atoms with E-state index in [1.165, 1.54) is 11.1 Å². The van der Waals surface area contributed by atoms with Crippen LogP contribution >= 0.6 is 11.6 Å². The van der Waals surface area contributed by atoms with Crippen molar-refractivity contribution >= 4 is 11.6 Å². The second kappa shape index (κ2) is 6.97. The van der Waals surface area contributed by atoms with Crippen LogP contribution in [0, 0.1) is 13.8 Å². The molecule has 0 atom stereocenters. The quantitative estimate of drug-likeness (QED) is 0.815. The standard InChI is InChI=1S/C18H22ClNO/c1-12(2)20-11-15-5-6-16(10-18(15)19)21-17-8-13(3)7-14(4)9-17/h5-10,12,20H,11H2,1-4H3. The van der Waals surface area contributed by atoms with E-state index in [0.29, 0.717) is 6.04 Å². The Labute approximate surface area is 132 Å². The van der Waals surface area contributed by atoms with Crippen LogP contribution in [0.1, 0.15) is 30.5 Å². The van der Waals surface area contributed by atoms with Crippen LogP contribution in [0.15, 0.2) is 36.4 Å². The van der Waals surface area contributed by atoms with Crippen LogP contribution in [0.25, 0.3) is 0 Å². The first-order valence-electron chi connectivity index (χ1n) is 7.22. The van der Waals surface area contributed by atoms with Gasteiger partial charge in [0.15, 0.2) is 0 Å². The van der Waals surface area contributed by atoms with E-state index < -0.39 is 0 Å². The average Bonchev–Trinajstić information content (AvgIpc) is 2.36. The Kier molecular flexibility index (Phi) is 5.27. The van der Waals surface area contributed by atoms with Gasteiger partial charge >= 0.3 is 0 Å².